The minimum absolute atomic E-state index is 0.00265. The number of ether oxygens (including phenoxy) is 1. The number of fused-ring (bicyclic) bond motifs is 3. The molecule has 2 aromatic carbocycles. The molecule has 2 aliphatic carbocycles. The second-order valence-corrected chi connectivity index (χ2v) is 9.93. The topological polar surface area (TPSA) is 105 Å². The van der Waals surface area contributed by atoms with Gasteiger partial charge in [0.2, 0.25) is 5.91 Å². The molecule has 1 saturated carbocycles. The number of carboxylic acids is 1. The van der Waals surface area contributed by atoms with Crippen molar-refractivity contribution in [3.8, 4) is 11.1 Å². The predicted molar refractivity (Wildman–Crippen MR) is 133 cm³/mol. The van der Waals surface area contributed by atoms with Gasteiger partial charge in [-0.3, -0.25) is 9.59 Å². The van der Waals surface area contributed by atoms with Gasteiger partial charge in [-0.2, -0.15) is 0 Å². The van der Waals surface area contributed by atoms with Gasteiger partial charge in [0.05, 0.1) is 5.92 Å². The summed E-state index contributed by atoms with van der Waals surface area (Å²) >= 11 is 0. The lowest BCUT2D eigenvalue weighted by Crippen LogP contribution is -2.48. The fraction of sp³-hybridized carbons (Fsp3) is 0.464. The molecule has 0 saturated heterocycles. The Bertz CT molecular complexity index is 1040. The molecule has 186 valence electrons. The van der Waals surface area contributed by atoms with Crippen molar-refractivity contribution in [1.82, 2.24) is 10.6 Å². The Hall–Kier alpha value is -3.35. The van der Waals surface area contributed by atoms with Crippen molar-refractivity contribution in [2.45, 2.75) is 64.0 Å². The fourth-order valence-corrected chi connectivity index (χ4v) is 5.31. The van der Waals surface area contributed by atoms with E-state index in [2.05, 4.69) is 34.9 Å². The van der Waals surface area contributed by atoms with Gasteiger partial charge in [-0.05, 0) is 41.0 Å². The minimum atomic E-state index is -0.868. The van der Waals surface area contributed by atoms with Crippen molar-refractivity contribution in [1.29, 1.82) is 0 Å². The zero-order valence-electron chi connectivity index (χ0n) is 20.3. The van der Waals surface area contributed by atoms with Gasteiger partial charge in [0.1, 0.15) is 6.61 Å². The summed E-state index contributed by atoms with van der Waals surface area (Å²) in [4.78, 5) is 37.0. The van der Waals surface area contributed by atoms with Gasteiger partial charge in [0, 0.05) is 24.4 Å². The highest BCUT2D eigenvalue weighted by Crippen LogP contribution is 2.44. The van der Waals surface area contributed by atoms with Crippen LogP contribution in [-0.4, -0.2) is 41.8 Å². The number of hydrogen-bond donors (Lipinski definition) is 3. The molecule has 1 fully saturated rings. The van der Waals surface area contributed by atoms with Crippen LogP contribution in [0.15, 0.2) is 48.5 Å². The Labute approximate surface area is 206 Å². The average Bonchev–Trinajstić information content (AvgIpc) is 3.16. The number of hydrogen-bond acceptors (Lipinski definition) is 4. The van der Waals surface area contributed by atoms with E-state index in [0.717, 1.165) is 35.1 Å². The number of carbonyl (C=O) groups is 3. The standard InChI is InChI=1S/C28H34N2O5/c1-17(2)25(15-26(31)29-24-14-8-7-13-22(24)27(32)33)30-28(34)35-16-23-20-11-5-3-9-18(20)19-10-4-6-12-21(19)23/h3-6,9-12,17,22-25H,7-8,13-16H2,1-2H3,(H,29,31)(H,30,34)(H,32,33)/t22-,24+,25?/m1/s1. The van der Waals surface area contributed by atoms with E-state index >= 15 is 0 Å². The molecule has 35 heavy (non-hydrogen) atoms. The number of nitrogens with one attached hydrogen (secondary N) is 2. The molecule has 2 aromatic rings. The molecule has 0 bridgehead atoms. The third kappa shape index (κ3) is 5.66. The van der Waals surface area contributed by atoms with Crippen molar-refractivity contribution in [3.63, 3.8) is 0 Å². The molecule has 2 aliphatic rings. The lowest BCUT2D eigenvalue weighted by Gasteiger charge is -2.30. The number of amides is 2. The van der Waals surface area contributed by atoms with Gasteiger partial charge in [-0.25, -0.2) is 4.79 Å². The highest BCUT2D eigenvalue weighted by atomic mass is 16.5. The molecule has 0 aliphatic heterocycles. The van der Waals surface area contributed by atoms with Gasteiger partial charge >= 0.3 is 12.1 Å². The van der Waals surface area contributed by atoms with Gasteiger partial charge in [-0.15, -0.1) is 0 Å². The zero-order chi connectivity index (χ0) is 24.9. The first kappa shape index (κ1) is 24.8. The Morgan fingerprint density at radius 2 is 1.57 bits per heavy atom. The van der Waals surface area contributed by atoms with E-state index in [9.17, 15) is 19.5 Å². The van der Waals surface area contributed by atoms with E-state index in [-0.39, 0.29) is 36.8 Å². The number of benzene rings is 2. The molecule has 3 N–H and O–H groups in total. The molecular weight excluding hydrogens is 444 g/mol. The lowest BCUT2D eigenvalue weighted by atomic mass is 9.84. The molecule has 0 radical (unpaired) electrons. The average molecular weight is 479 g/mol. The molecule has 0 aromatic heterocycles. The van der Waals surface area contributed by atoms with Crippen molar-refractivity contribution in [3.05, 3.63) is 59.7 Å². The lowest BCUT2D eigenvalue weighted by molar-refractivity contribution is -0.144. The van der Waals surface area contributed by atoms with Crippen LogP contribution in [0.25, 0.3) is 11.1 Å². The van der Waals surface area contributed by atoms with E-state index in [0.29, 0.717) is 12.8 Å². The summed E-state index contributed by atoms with van der Waals surface area (Å²) in [6.07, 6.45) is 2.52. The van der Waals surface area contributed by atoms with Gasteiger partial charge in [0.25, 0.3) is 0 Å². The van der Waals surface area contributed by atoms with Crippen LogP contribution in [0, 0.1) is 11.8 Å². The number of rotatable bonds is 8. The fourth-order valence-electron chi connectivity index (χ4n) is 5.31. The summed E-state index contributed by atoms with van der Waals surface area (Å²) in [6, 6.07) is 15.5. The maximum absolute atomic E-state index is 12.7. The van der Waals surface area contributed by atoms with Crippen LogP contribution in [0.5, 0.6) is 0 Å². The summed E-state index contributed by atoms with van der Waals surface area (Å²) in [5.74, 6) is -1.70. The molecule has 0 spiro atoms. The summed E-state index contributed by atoms with van der Waals surface area (Å²) in [5, 5.41) is 15.2. The predicted octanol–water partition coefficient (Wildman–Crippen LogP) is 4.70. The highest BCUT2D eigenvalue weighted by molar-refractivity contribution is 5.80. The summed E-state index contributed by atoms with van der Waals surface area (Å²) in [5.41, 5.74) is 4.61. The summed E-state index contributed by atoms with van der Waals surface area (Å²) in [6.45, 7) is 4.07. The highest BCUT2D eigenvalue weighted by Gasteiger charge is 2.33. The third-order valence-electron chi connectivity index (χ3n) is 7.29. The Balaban J connectivity index is 1.34. The smallest absolute Gasteiger partial charge is 0.407 e. The molecular formula is C28H34N2O5. The monoisotopic (exact) mass is 478 g/mol. The molecule has 1 unspecified atom stereocenters. The molecule has 3 atom stereocenters. The van der Waals surface area contributed by atoms with E-state index < -0.39 is 24.0 Å². The van der Waals surface area contributed by atoms with Crippen molar-refractivity contribution in [2.75, 3.05) is 6.61 Å². The normalized spacial score (nSPS) is 20.0. The quantitative estimate of drug-likeness (QED) is 0.510. The Kier molecular flexibility index (Phi) is 7.73. The van der Waals surface area contributed by atoms with Crippen molar-refractivity contribution >= 4 is 18.0 Å². The second-order valence-electron chi connectivity index (χ2n) is 9.93. The van der Waals surface area contributed by atoms with E-state index in [4.69, 9.17) is 4.74 Å². The van der Waals surface area contributed by atoms with Crippen molar-refractivity contribution in [2.24, 2.45) is 11.8 Å². The maximum Gasteiger partial charge on any atom is 0.407 e. The van der Waals surface area contributed by atoms with Gasteiger partial charge in [-0.1, -0.05) is 75.2 Å². The largest absolute Gasteiger partial charge is 0.481 e. The van der Waals surface area contributed by atoms with Crippen LogP contribution in [0.4, 0.5) is 4.79 Å². The first-order valence-corrected chi connectivity index (χ1v) is 12.5. The van der Waals surface area contributed by atoms with Crippen LogP contribution in [0.3, 0.4) is 0 Å². The Morgan fingerprint density at radius 1 is 0.971 bits per heavy atom. The first-order valence-electron chi connectivity index (χ1n) is 12.5. The Morgan fingerprint density at radius 3 is 2.17 bits per heavy atom. The number of carboxylic acid groups (broad SMARTS) is 1. The van der Waals surface area contributed by atoms with Gasteiger partial charge in [0.15, 0.2) is 0 Å². The van der Waals surface area contributed by atoms with Gasteiger partial charge < -0.3 is 20.5 Å². The van der Waals surface area contributed by atoms with Crippen LogP contribution in [-0.2, 0) is 14.3 Å². The molecule has 0 heterocycles. The first-order chi connectivity index (χ1) is 16.8. The van der Waals surface area contributed by atoms with E-state index in [1.165, 1.54) is 0 Å². The van der Waals surface area contributed by atoms with E-state index in [1.54, 1.807) is 0 Å². The summed E-state index contributed by atoms with van der Waals surface area (Å²) in [7, 11) is 0. The van der Waals surface area contributed by atoms with E-state index in [1.807, 2.05) is 38.1 Å². The number of carbonyl (C=O) groups excluding carboxylic acids is 2. The van der Waals surface area contributed by atoms with Crippen LogP contribution >= 0.6 is 0 Å². The van der Waals surface area contributed by atoms with Crippen LogP contribution < -0.4 is 10.6 Å². The minimum Gasteiger partial charge on any atom is -0.481 e. The zero-order valence-corrected chi connectivity index (χ0v) is 20.3. The number of alkyl carbamates (subject to hydrolysis) is 1. The van der Waals surface area contributed by atoms with Crippen molar-refractivity contribution < 1.29 is 24.2 Å². The molecule has 4 rings (SSSR count). The number of aliphatic carboxylic acids is 1. The second kappa shape index (κ2) is 10.9. The van der Waals surface area contributed by atoms with Crippen LogP contribution in [0.2, 0.25) is 0 Å². The SMILES string of the molecule is CC(C)C(CC(=O)N[C@H]1CCCC[C@H]1C(=O)O)NC(=O)OCC1c2ccccc2-c2ccccc21. The van der Waals surface area contributed by atoms with Crippen LogP contribution in [0.1, 0.15) is 63.0 Å². The maximum atomic E-state index is 12.7. The third-order valence-corrected chi connectivity index (χ3v) is 7.29. The molecule has 7 nitrogen and oxygen atoms in total. The molecule has 2 amide bonds. The molecule has 7 heteroatoms. The summed E-state index contributed by atoms with van der Waals surface area (Å²) < 4.78 is 5.64.